The molecule has 1 aromatic carbocycles. The van der Waals surface area contributed by atoms with Crippen molar-refractivity contribution >= 4 is 0 Å². The number of hydrogen-bond donors (Lipinski definition) is 1. The Hall–Kier alpha value is -1.30. The lowest BCUT2D eigenvalue weighted by atomic mass is 10.1. The fraction of sp³-hybridized carbons (Fsp3) is 0.625. The first-order chi connectivity index (χ1) is 10.0. The van der Waals surface area contributed by atoms with Crippen LogP contribution >= 0.6 is 0 Å². The molecule has 2 N–H and O–H groups in total. The van der Waals surface area contributed by atoms with Crippen LogP contribution in [0.1, 0.15) is 13.8 Å². The molecule has 1 saturated heterocycles. The van der Waals surface area contributed by atoms with Gasteiger partial charge >= 0.3 is 0 Å². The molecule has 118 valence electrons. The zero-order chi connectivity index (χ0) is 15.3. The molecule has 0 amide bonds. The van der Waals surface area contributed by atoms with Gasteiger partial charge in [-0.15, -0.1) is 0 Å². The van der Waals surface area contributed by atoms with Crippen LogP contribution in [0.5, 0.6) is 11.5 Å². The molecule has 21 heavy (non-hydrogen) atoms. The van der Waals surface area contributed by atoms with Gasteiger partial charge in [0, 0.05) is 26.2 Å². The van der Waals surface area contributed by atoms with Crippen molar-refractivity contribution < 1.29 is 14.2 Å². The predicted molar refractivity (Wildman–Crippen MR) is 82.9 cm³/mol. The topological polar surface area (TPSA) is 57.0 Å². The summed E-state index contributed by atoms with van der Waals surface area (Å²) in [6, 6.07) is 7.64. The summed E-state index contributed by atoms with van der Waals surface area (Å²) in [5, 5.41) is 0. The third kappa shape index (κ3) is 4.88. The average molecular weight is 294 g/mol. The van der Waals surface area contributed by atoms with Gasteiger partial charge in [-0.1, -0.05) is 0 Å². The maximum Gasteiger partial charge on any atom is 0.119 e. The second-order valence-electron chi connectivity index (χ2n) is 5.99. The van der Waals surface area contributed by atoms with Crippen molar-refractivity contribution in [3.05, 3.63) is 24.3 Å². The lowest BCUT2D eigenvalue weighted by Crippen LogP contribution is -2.55. The van der Waals surface area contributed by atoms with E-state index in [1.165, 1.54) is 0 Å². The van der Waals surface area contributed by atoms with Crippen molar-refractivity contribution in [2.75, 3.05) is 39.9 Å². The van der Waals surface area contributed by atoms with E-state index in [1.807, 2.05) is 24.3 Å². The minimum Gasteiger partial charge on any atom is -0.497 e. The van der Waals surface area contributed by atoms with Crippen molar-refractivity contribution in [2.24, 2.45) is 5.73 Å². The molecule has 1 aromatic rings. The maximum atomic E-state index is 5.92. The van der Waals surface area contributed by atoms with Crippen molar-refractivity contribution in [3.8, 4) is 11.5 Å². The van der Waals surface area contributed by atoms with Crippen LogP contribution in [0.4, 0.5) is 0 Å². The van der Waals surface area contributed by atoms with Crippen LogP contribution in [0, 0.1) is 0 Å². The fourth-order valence-electron chi connectivity index (χ4n) is 2.67. The molecule has 1 heterocycles. The first-order valence-corrected chi connectivity index (χ1v) is 7.39. The summed E-state index contributed by atoms with van der Waals surface area (Å²) in [6.07, 6.45) is 0.106. The van der Waals surface area contributed by atoms with Gasteiger partial charge in [0.15, 0.2) is 0 Å². The number of rotatable bonds is 6. The van der Waals surface area contributed by atoms with Gasteiger partial charge in [-0.3, -0.25) is 4.90 Å². The third-order valence-electron chi connectivity index (χ3n) is 3.55. The van der Waals surface area contributed by atoms with Crippen LogP contribution < -0.4 is 15.2 Å². The Morgan fingerprint density at radius 2 is 1.95 bits per heavy atom. The van der Waals surface area contributed by atoms with E-state index in [-0.39, 0.29) is 11.7 Å². The van der Waals surface area contributed by atoms with Gasteiger partial charge in [0.25, 0.3) is 0 Å². The molecule has 0 saturated carbocycles. The van der Waals surface area contributed by atoms with Gasteiger partial charge in [-0.2, -0.15) is 0 Å². The van der Waals surface area contributed by atoms with E-state index in [0.717, 1.165) is 31.1 Å². The summed E-state index contributed by atoms with van der Waals surface area (Å²) in [7, 11) is 1.66. The zero-order valence-corrected chi connectivity index (χ0v) is 13.2. The average Bonchev–Trinajstić information content (AvgIpc) is 2.46. The monoisotopic (exact) mass is 294 g/mol. The van der Waals surface area contributed by atoms with Gasteiger partial charge in [0.1, 0.15) is 18.1 Å². The molecule has 2 rings (SSSR count). The molecule has 5 heteroatoms. The van der Waals surface area contributed by atoms with Crippen molar-refractivity contribution in [2.45, 2.75) is 25.6 Å². The van der Waals surface area contributed by atoms with E-state index in [1.54, 1.807) is 7.11 Å². The highest BCUT2D eigenvalue weighted by Crippen LogP contribution is 2.21. The van der Waals surface area contributed by atoms with Crippen LogP contribution in [-0.2, 0) is 4.74 Å². The van der Waals surface area contributed by atoms with Crippen molar-refractivity contribution in [1.82, 2.24) is 4.90 Å². The number of ether oxygens (including phenoxy) is 3. The van der Waals surface area contributed by atoms with Gasteiger partial charge < -0.3 is 19.9 Å². The number of nitrogens with zero attached hydrogens (tertiary/aromatic N) is 1. The number of benzene rings is 1. The highest BCUT2D eigenvalue weighted by atomic mass is 16.5. The summed E-state index contributed by atoms with van der Waals surface area (Å²) in [6.45, 7) is 8.05. The molecular formula is C16H26N2O3. The molecule has 1 aliphatic rings. The lowest BCUT2D eigenvalue weighted by molar-refractivity contribution is -0.132. The van der Waals surface area contributed by atoms with Crippen LogP contribution in [0.15, 0.2) is 24.3 Å². The van der Waals surface area contributed by atoms with Gasteiger partial charge in [0.2, 0.25) is 0 Å². The normalized spacial score (nSPS) is 22.0. The fourth-order valence-corrected chi connectivity index (χ4v) is 2.67. The number of methoxy groups -OCH3 is 1. The molecular weight excluding hydrogens is 268 g/mol. The minimum atomic E-state index is -0.150. The Bertz CT molecular complexity index is 434. The zero-order valence-electron chi connectivity index (χ0n) is 13.2. The van der Waals surface area contributed by atoms with E-state index in [9.17, 15) is 0 Å². The van der Waals surface area contributed by atoms with Crippen LogP contribution in [0.25, 0.3) is 0 Å². The summed E-state index contributed by atoms with van der Waals surface area (Å²) < 4.78 is 16.8. The highest BCUT2D eigenvalue weighted by molar-refractivity contribution is 5.31. The molecule has 1 unspecified atom stereocenters. The Balaban J connectivity index is 1.79. The number of hydrogen-bond acceptors (Lipinski definition) is 5. The molecule has 1 atom stereocenters. The molecule has 1 aliphatic heterocycles. The summed E-state index contributed by atoms with van der Waals surface area (Å²) in [4.78, 5) is 2.35. The minimum absolute atomic E-state index is 0.106. The smallest absolute Gasteiger partial charge is 0.119 e. The highest BCUT2D eigenvalue weighted by Gasteiger charge is 2.32. The molecule has 1 fully saturated rings. The molecule has 0 aliphatic carbocycles. The lowest BCUT2D eigenvalue weighted by Gasteiger charge is -2.42. The first-order valence-electron chi connectivity index (χ1n) is 7.39. The molecule has 5 nitrogen and oxygen atoms in total. The quantitative estimate of drug-likeness (QED) is 0.862. The van der Waals surface area contributed by atoms with E-state index in [4.69, 9.17) is 19.9 Å². The van der Waals surface area contributed by atoms with Crippen LogP contribution in [-0.4, -0.2) is 56.5 Å². The second kappa shape index (κ2) is 7.11. The Kier molecular flexibility index (Phi) is 5.45. The number of nitrogens with two attached hydrogens (primary N) is 1. The molecule has 0 aromatic heterocycles. The Morgan fingerprint density at radius 3 is 2.57 bits per heavy atom. The van der Waals surface area contributed by atoms with Crippen LogP contribution in [0.2, 0.25) is 0 Å². The van der Waals surface area contributed by atoms with E-state index >= 15 is 0 Å². The van der Waals surface area contributed by atoms with Gasteiger partial charge in [-0.25, -0.2) is 0 Å². The van der Waals surface area contributed by atoms with Gasteiger partial charge in [-0.05, 0) is 38.1 Å². The second-order valence-corrected chi connectivity index (χ2v) is 5.99. The predicted octanol–water partition coefficient (Wildman–Crippen LogP) is 1.51. The summed E-state index contributed by atoms with van der Waals surface area (Å²) in [5.74, 6) is 1.70. The largest absolute Gasteiger partial charge is 0.497 e. The molecule has 0 spiro atoms. The summed E-state index contributed by atoms with van der Waals surface area (Å²) >= 11 is 0. The Morgan fingerprint density at radius 1 is 1.29 bits per heavy atom. The van der Waals surface area contributed by atoms with Crippen LogP contribution in [0.3, 0.4) is 0 Å². The summed E-state index contributed by atoms with van der Waals surface area (Å²) in [5.41, 5.74) is 5.59. The SMILES string of the molecule is COc1ccc(OCCN2CC(CN)OC(C)(C)C2)cc1. The molecule has 0 radical (unpaired) electrons. The van der Waals surface area contributed by atoms with E-state index in [2.05, 4.69) is 18.7 Å². The standard InChI is InChI=1S/C16H26N2O3/c1-16(2)12-18(11-15(10-17)21-16)8-9-20-14-6-4-13(19-3)5-7-14/h4-7,15H,8-12,17H2,1-3H3. The van der Waals surface area contributed by atoms with Gasteiger partial charge in [0.05, 0.1) is 18.8 Å². The maximum absolute atomic E-state index is 5.92. The molecule has 0 bridgehead atoms. The number of morpholine rings is 1. The van der Waals surface area contributed by atoms with Crippen molar-refractivity contribution in [3.63, 3.8) is 0 Å². The van der Waals surface area contributed by atoms with Crippen molar-refractivity contribution in [1.29, 1.82) is 0 Å². The van der Waals surface area contributed by atoms with E-state index in [0.29, 0.717) is 13.2 Å². The Labute approximate surface area is 127 Å². The first kappa shape index (κ1) is 16.1. The van der Waals surface area contributed by atoms with E-state index < -0.39 is 0 Å². The third-order valence-corrected chi connectivity index (χ3v) is 3.55.